The zero-order chi connectivity index (χ0) is 10.4. The maximum atomic E-state index is 11.5. The fraction of sp³-hybridized carbons (Fsp3) is 0.571. The van der Waals surface area contributed by atoms with Gasteiger partial charge in [0.25, 0.3) is 0 Å². The van der Waals surface area contributed by atoms with Crippen molar-refractivity contribution in [2.24, 2.45) is 0 Å². The molecule has 0 spiro atoms. The number of ether oxygens (including phenoxy) is 1. The molecular weight excluding hydrogens is 201 g/mol. The maximum absolute atomic E-state index is 11.5. The molecular formula is C7H9F3N2O2. The van der Waals surface area contributed by atoms with Crippen LogP contribution in [0.15, 0.2) is 16.9 Å². The zero-order valence-electron chi connectivity index (χ0n) is 7.17. The Labute approximate surface area is 78.0 Å². The Morgan fingerprint density at radius 2 is 2.29 bits per heavy atom. The standard InChI is InChI=1S/C7H9F3N2O2/c8-7(9,10)13-4-2-11-5-6-1-3-14-12-6/h1,3,11H,2,4-5H2. The van der Waals surface area contributed by atoms with E-state index < -0.39 is 13.0 Å². The molecule has 1 aromatic rings. The van der Waals surface area contributed by atoms with Crippen LogP contribution in [0.2, 0.25) is 0 Å². The van der Waals surface area contributed by atoms with E-state index in [1.807, 2.05) is 0 Å². The predicted molar refractivity (Wildman–Crippen MR) is 40.2 cm³/mol. The summed E-state index contributed by atoms with van der Waals surface area (Å²) in [6, 6.07) is 1.62. The van der Waals surface area contributed by atoms with Crippen molar-refractivity contribution in [3.63, 3.8) is 0 Å². The van der Waals surface area contributed by atoms with E-state index in [1.54, 1.807) is 6.07 Å². The topological polar surface area (TPSA) is 47.3 Å². The second-order valence-electron chi connectivity index (χ2n) is 2.46. The van der Waals surface area contributed by atoms with Crippen LogP contribution in [0.25, 0.3) is 0 Å². The van der Waals surface area contributed by atoms with E-state index in [2.05, 4.69) is 19.7 Å². The lowest BCUT2D eigenvalue weighted by Crippen LogP contribution is -2.24. The lowest BCUT2D eigenvalue weighted by Gasteiger charge is -2.06. The van der Waals surface area contributed by atoms with E-state index in [-0.39, 0.29) is 6.54 Å². The van der Waals surface area contributed by atoms with Gasteiger partial charge in [0.15, 0.2) is 0 Å². The molecule has 0 aliphatic heterocycles. The molecule has 0 radical (unpaired) electrons. The van der Waals surface area contributed by atoms with Gasteiger partial charge in [0, 0.05) is 19.2 Å². The summed E-state index contributed by atoms with van der Waals surface area (Å²) in [6.07, 6.45) is -3.17. The van der Waals surface area contributed by atoms with Crippen LogP contribution in [0.5, 0.6) is 0 Å². The van der Waals surface area contributed by atoms with Gasteiger partial charge in [0.1, 0.15) is 6.26 Å². The number of hydrogen-bond donors (Lipinski definition) is 1. The van der Waals surface area contributed by atoms with Gasteiger partial charge in [-0.2, -0.15) is 0 Å². The number of alkyl halides is 3. The van der Waals surface area contributed by atoms with Crippen LogP contribution in [-0.4, -0.2) is 24.7 Å². The minimum absolute atomic E-state index is 0.104. The zero-order valence-corrected chi connectivity index (χ0v) is 7.17. The van der Waals surface area contributed by atoms with E-state index in [1.165, 1.54) is 6.26 Å². The van der Waals surface area contributed by atoms with Crippen molar-refractivity contribution in [3.8, 4) is 0 Å². The summed E-state index contributed by atoms with van der Waals surface area (Å²) < 4.78 is 42.5. The average Bonchev–Trinajstić information content (AvgIpc) is 2.54. The normalized spacial score (nSPS) is 11.9. The van der Waals surface area contributed by atoms with E-state index >= 15 is 0 Å². The van der Waals surface area contributed by atoms with Crippen LogP contribution < -0.4 is 5.32 Å². The number of aromatic nitrogens is 1. The van der Waals surface area contributed by atoms with Gasteiger partial charge in [-0.3, -0.25) is 4.74 Å². The van der Waals surface area contributed by atoms with Crippen molar-refractivity contribution in [1.29, 1.82) is 0 Å². The SMILES string of the molecule is FC(F)(F)OCCNCc1ccon1. The highest BCUT2D eigenvalue weighted by Gasteiger charge is 2.28. The molecule has 1 rings (SSSR count). The Balaban J connectivity index is 2.00. The molecule has 0 aromatic carbocycles. The van der Waals surface area contributed by atoms with E-state index in [9.17, 15) is 13.2 Å². The second kappa shape index (κ2) is 4.97. The van der Waals surface area contributed by atoms with Crippen molar-refractivity contribution in [2.75, 3.05) is 13.2 Å². The number of halogens is 3. The van der Waals surface area contributed by atoms with Gasteiger partial charge in [0.05, 0.1) is 12.3 Å². The molecule has 0 saturated heterocycles. The van der Waals surface area contributed by atoms with Gasteiger partial charge in [-0.1, -0.05) is 5.16 Å². The number of hydrogen-bond acceptors (Lipinski definition) is 4. The minimum atomic E-state index is -4.56. The molecule has 0 bridgehead atoms. The first-order chi connectivity index (χ1) is 6.58. The van der Waals surface area contributed by atoms with Crippen molar-refractivity contribution < 1.29 is 22.4 Å². The lowest BCUT2D eigenvalue weighted by molar-refractivity contribution is -0.323. The molecule has 0 unspecified atom stereocenters. The summed E-state index contributed by atoms with van der Waals surface area (Å²) >= 11 is 0. The monoisotopic (exact) mass is 210 g/mol. The van der Waals surface area contributed by atoms with Crippen LogP contribution in [0.3, 0.4) is 0 Å². The summed E-state index contributed by atoms with van der Waals surface area (Å²) in [4.78, 5) is 0. The molecule has 14 heavy (non-hydrogen) atoms. The third-order valence-corrected chi connectivity index (χ3v) is 1.34. The molecule has 0 atom stereocenters. The second-order valence-corrected chi connectivity index (χ2v) is 2.46. The first kappa shape index (κ1) is 11.0. The van der Waals surface area contributed by atoms with Crippen LogP contribution >= 0.6 is 0 Å². The molecule has 80 valence electrons. The smallest absolute Gasteiger partial charge is 0.364 e. The van der Waals surface area contributed by atoms with Crippen molar-refractivity contribution in [1.82, 2.24) is 10.5 Å². The molecule has 0 fully saturated rings. The van der Waals surface area contributed by atoms with Gasteiger partial charge in [0.2, 0.25) is 0 Å². The third-order valence-electron chi connectivity index (χ3n) is 1.34. The Kier molecular flexibility index (Phi) is 3.90. The molecule has 4 nitrogen and oxygen atoms in total. The quantitative estimate of drug-likeness (QED) is 0.744. The number of nitrogens with zero attached hydrogens (tertiary/aromatic N) is 1. The average molecular weight is 210 g/mol. The first-order valence-electron chi connectivity index (χ1n) is 3.88. The van der Waals surface area contributed by atoms with Gasteiger partial charge in [-0.05, 0) is 0 Å². The molecule has 7 heteroatoms. The van der Waals surface area contributed by atoms with Crippen molar-refractivity contribution >= 4 is 0 Å². The predicted octanol–water partition coefficient (Wildman–Crippen LogP) is 1.30. The van der Waals surface area contributed by atoms with Gasteiger partial charge >= 0.3 is 6.36 Å². The first-order valence-corrected chi connectivity index (χ1v) is 3.88. The van der Waals surface area contributed by atoms with Gasteiger partial charge in [-0.15, -0.1) is 13.2 Å². The third kappa shape index (κ3) is 4.83. The van der Waals surface area contributed by atoms with Crippen molar-refractivity contribution in [3.05, 3.63) is 18.0 Å². The fourth-order valence-electron chi connectivity index (χ4n) is 0.784. The highest BCUT2D eigenvalue weighted by atomic mass is 19.4. The summed E-state index contributed by atoms with van der Waals surface area (Å²) in [6.45, 7) is 0.0471. The molecule has 0 amide bonds. The van der Waals surface area contributed by atoms with Gasteiger partial charge < -0.3 is 9.84 Å². The molecule has 0 saturated carbocycles. The van der Waals surface area contributed by atoms with Crippen LogP contribution in [-0.2, 0) is 11.3 Å². The maximum Gasteiger partial charge on any atom is 0.522 e. The summed E-state index contributed by atoms with van der Waals surface area (Å²) in [5.74, 6) is 0. The van der Waals surface area contributed by atoms with Crippen molar-refractivity contribution in [2.45, 2.75) is 12.9 Å². The van der Waals surface area contributed by atoms with E-state index in [0.29, 0.717) is 12.2 Å². The van der Waals surface area contributed by atoms with Gasteiger partial charge in [-0.25, -0.2) is 0 Å². The van der Waals surface area contributed by atoms with Crippen LogP contribution in [0.1, 0.15) is 5.69 Å². The molecule has 0 aliphatic carbocycles. The molecule has 0 aliphatic rings. The Morgan fingerprint density at radius 1 is 1.50 bits per heavy atom. The summed E-state index contributed by atoms with van der Waals surface area (Å²) in [7, 11) is 0. The van der Waals surface area contributed by atoms with E-state index in [4.69, 9.17) is 0 Å². The number of nitrogens with one attached hydrogen (secondary N) is 1. The molecule has 1 N–H and O–H groups in total. The molecule has 1 heterocycles. The van der Waals surface area contributed by atoms with Crippen LogP contribution in [0, 0.1) is 0 Å². The largest absolute Gasteiger partial charge is 0.522 e. The summed E-state index contributed by atoms with van der Waals surface area (Å²) in [5, 5.41) is 6.27. The summed E-state index contributed by atoms with van der Waals surface area (Å²) in [5.41, 5.74) is 0.636. The Bertz CT molecular complexity index is 248. The van der Waals surface area contributed by atoms with Crippen LogP contribution in [0.4, 0.5) is 13.2 Å². The number of rotatable bonds is 5. The Morgan fingerprint density at radius 3 is 2.86 bits per heavy atom. The molecule has 1 aromatic heterocycles. The minimum Gasteiger partial charge on any atom is -0.364 e. The fourth-order valence-corrected chi connectivity index (χ4v) is 0.784. The highest BCUT2D eigenvalue weighted by molar-refractivity contribution is 4.93. The lowest BCUT2D eigenvalue weighted by atomic mass is 10.4. The van der Waals surface area contributed by atoms with E-state index in [0.717, 1.165) is 0 Å². The Hall–Kier alpha value is -1.08. The highest BCUT2D eigenvalue weighted by Crippen LogP contribution is 2.15.